The second-order valence-corrected chi connectivity index (χ2v) is 8.62. The van der Waals surface area contributed by atoms with Gasteiger partial charge in [0, 0.05) is 44.3 Å². The summed E-state index contributed by atoms with van der Waals surface area (Å²) in [6, 6.07) is 19.6. The van der Waals surface area contributed by atoms with E-state index in [4.69, 9.17) is 14.1 Å². The van der Waals surface area contributed by atoms with Crippen molar-refractivity contribution in [2.45, 2.75) is 32.4 Å². The summed E-state index contributed by atoms with van der Waals surface area (Å²) < 4.78 is 11.5. The zero-order valence-electron chi connectivity index (χ0n) is 18.3. The molecule has 2 aromatic carbocycles. The van der Waals surface area contributed by atoms with Gasteiger partial charge < -0.3 is 9.15 Å². The predicted molar refractivity (Wildman–Crippen MR) is 123 cm³/mol. The lowest BCUT2D eigenvalue weighted by Crippen LogP contribution is -2.48. The van der Waals surface area contributed by atoms with Crippen LogP contribution in [0.1, 0.15) is 24.3 Å². The van der Waals surface area contributed by atoms with Crippen molar-refractivity contribution in [3.8, 4) is 22.6 Å². The Morgan fingerprint density at radius 2 is 1.48 bits per heavy atom. The maximum Gasteiger partial charge on any atom is 0.226 e. The third-order valence-corrected chi connectivity index (χ3v) is 6.62. The Hall–Kier alpha value is -2.47. The molecule has 3 heterocycles. The summed E-state index contributed by atoms with van der Waals surface area (Å²) in [7, 11) is 0. The highest BCUT2D eigenvalue weighted by atomic mass is 16.5. The van der Waals surface area contributed by atoms with Gasteiger partial charge in [-0.05, 0) is 43.0 Å². The van der Waals surface area contributed by atoms with Crippen LogP contribution in [0.4, 0.5) is 0 Å². The molecule has 1 aromatic heterocycles. The summed E-state index contributed by atoms with van der Waals surface area (Å²) in [5, 5.41) is 0. The summed E-state index contributed by atoms with van der Waals surface area (Å²) in [6.45, 7) is 9.07. The van der Waals surface area contributed by atoms with Gasteiger partial charge in [-0.2, -0.15) is 0 Å². The van der Waals surface area contributed by atoms with Crippen LogP contribution in [0.15, 0.2) is 59.0 Å². The summed E-state index contributed by atoms with van der Waals surface area (Å²) in [6.07, 6.45) is 2.45. The Morgan fingerprint density at radius 3 is 2.19 bits per heavy atom. The SMILES string of the molecule is Cc1oc(-c2ccc(-c3ccccc3)cc2)nc1CN1CCC(N2CCOCC2)CC1. The third kappa shape index (κ3) is 4.74. The molecule has 0 radical (unpaired) electrons. The molecule has 2 fully saturated rings. The molecule has 0 amide bonds. The number of ether oxygens (including phenoxy) is 1. The molecule has 0 N–H and O–H groups in total. The molecule has 5 nitrogen and oxygen atoms in total. The minimum atomic E-state index is 0.706. The maximum absolute atomic E-state index is 6.04. The zero-order chi connectivity index (χ0) is 21.0. The second-order valence-electron chi connectivity index (χ2n) is 8.62. The summed E-state index contributed by atoms with van der Waals surface area (Å²) in [5.74, 6) is 1.65. The number of oxazole rings is 1. The number of likely N-dealkylation sites (tertiary alicyclic amines) is 1. The molecule has 5 rings (SSSR count). The molecule has 2 saturated heterocycles. The van der Waals surface area contributed by atoms with Crippen molar-refractivity contribution in [1.29, 1.82) is 0 Å². The van der Waals surface area contributed by atoms with Gasteiger partial charge in [0.05, 0.1) is 18.9 Å². The molecule has 0 aliphatic carbocycles. The minimum Gasteiger partial charge on any atom is -0.441 e. The van der Waals surface area contributed by atoms with Gasteiger partial charge in [-0.25, -0.2) is 4.98 Å². The molecule has 2 aliphatic rings. The van der Waals surface area contributed by atoms with Crippen LogP contribution < -0.4 is 0 Å². The number of aryl methyl sites for hydroxylation is 1. The quantitative estimate of drug-likeness (QED) is 0.606. The molecule has 3 aromatic rings. The van der Waals surface area contributed by atoms with E-state index in [2.05, 4.69) is 58.3 Å². The summed E-state index contributed by atoms with van der Waals surface area (Å²) in [5.41, 5.74) is 4.52. The predicted octanol–water partition coefficient (Wildman–Crippen LogP) is 4.61. The number of nitrogens with zero attached hydrogens (tertiary/aromatic N) is 3. The van der Waals surface area contributed by atoms with E-state index in [1.807, 2.05) is 13.0 Å². The molecule has 5 heteroatoms. The molecular formula is C26H31N3O2. The van der Waals surface area contributed by atoms with E-state index < -0.39 is 0 Å². The van der Waals surface area contributed by atoms with Crippen LogP contribution in [0.2, 0.25) is 0 Å². The van der Waals surface area contributed by atoms with E-state index in [1.165, 1.54) is 24.0 Å². The number of morpholine rings is 1. The highest BCUT2D eigenvalue weighted by Gasteiger charge is 2.26. The van der Waals surface area contributed by atoms with Gasteiger partial charge in [0.2, 0.25) is 5.89 Å². The largest absolute Gasteiger partial charge is 0.441 e. The smallest absolute Gasteiger partial charge is 0.226 e. The molecule has 31 heavy (non-hydrogen) atoms. The highest BCUT2D eigenvalue weighted by Crippen LogP contribution is 2.27. The zero-order valence-corrected chi connectivity index (χ0v) is 18.3. The first-order valence-corrected chi connectivity index (χ1v) is 11.4. The highest BCUT2D eigenvalue weighted by molar-refractivity contribution is 5.67. The first-order chi connectivity index (χ1) is 15.3. The van der Waals surface area contributed by atoms with Crippen LogP contribution in [0.5, 0.6) is 0 Å². The van der Waals surface area contributed by atoms with Gasteiger partial charge in [0.15, 0.2) is 0 Å². The molecule has 0 saturated carbocycles. The Labute approximate surface area is 184 Å². The fraction of sp³-hybridized carbons (Fsp3) is 0.423. The second kappa shape index (κ2) is 9.35. The standard InChI is InChI=1S/C26H31N3O2/c1-20-25(19-28-13-11-24(12-14-28)29-15-17-30-18-16-29)27-26(31-20)23-9-7-22(8-10-23)21-5-3-2-4-6-21/h2-10,24H,11-19H2,1H3. The fourth-order valence-electron chi connectivity index (χ4n) is 4.73. The minimum absolute atomic E-state index is 0.706. The lowest BCUT2D eigenvalue weighted by Gasteiger charge is -2.39. The number of rotatable bonds is 5. The van der Waals surface area contributed by atoms with Crippen molar-refractivity contribution in [1.82, 2.24) is 14.8 Å². The molecule has 0 unspecified atom stereocenters. The van der Waals surface area contributed by atoms with Crippen molar-refractivity contribution < 1.29 is 9.15 Å². The number of benzene rings is 2. The average molecular weight is 418 g/mol. The lowest BCUT2D eigenvalue weighted by atomic mass is 10.0. The van der Waals surface area contributed by atoms with Gasteiger partial charge in [-0.15, -0.1) is 0 Å². The Kier molecular flexibility index (Phi) is 6.16. The summed E-state index contributed by atoms with van der Waals surface area (Å²) in [4.78, 5) is 9.98. The van der Waals surface area contributed by atoms with E-state index in [-0.39, 0.29) is 0 Å². The molecular weight excluding hydrogens is 386 g/mol. The third-order valence-electron chi connectivity index (χ3n) is 6.62. The van der Waals surface area contributed by atoms with Crippen molar-refractivity contribution in [3.05, 3.63) is 66.1 Å². The van der Waals surface area contributed by atoms with Gasteiger partial charge >= 0.3 is 0 Å². The van der Waals surface area contributed by atoms with Gasteiger partial charge in [-0.3, -0.25) is 9.80 Å². The van der Waals surface area contributed by atoms with Crippen LogP contribution in [-0.2, 0) is 11.3 Å². The van der Waals surface area contributed by atoms with Crippen molar-refractivity contribution in [2.75, 3.05) is 39.4 Å². The maximum atomic E-state index is 6.04. The topological polar surface area (TPSA) is 41.7 Å². The van der Waals surface area contributed by atoms with Crippen molar-refractivity contribution in [2.24, 2.45) is 0 Å². The van der Waals surface area contributed by atoms with Crippen LogP contribution in [-0.4, -0.2) is 60.2 Å². The molecule has 0 spiro atoms. The Balaban J connectivity index is 1.21. The number of hydrogen-bond acceptors (Lipinski definition) is 5. The first-order valence-electron chi connectivity index (χ1n) is 11.4. The average Bonchev–Trinajstić information content (AvgIpc) is 3.21. The van der Waals surface area contributed by atoms with Crippen LogP contribution in [0.3, 0.4) is 0 Å². The van der Waals surface area contributed by atoms with Gasteiger partial charge in [-0.1, -0.05) is 42.5 Å². The molecule has 162 valence electrons. The molecule has 0 atom stereocenters. The van der Waals surface area contributed by atoms with E-state index in [9.17, 15) is 0 Å². The lowest BCUT2D eigenvalue weighted by molar-refractivity contribution is 0.000116. The van der Waals surface area contributed by atoms with Gasteiger partial charge in [0.25, 0.3) is 0 Å². The number of hydrogen-bond donors (Lipinski definition) is 0. The van der Waals surface area contributed by atoms with Crippen molar-refractivity contribution >= 4 is 0 Å². The molecule has 0 bridgehead atoms. The van der Waals surface area contributed by atoms with Gasteiger partial charge in [0.1, 0.15) is 5.76 Å². The first kappa shape index (κ1) is 20.4. The van der Waals surface area contributed by atoms with Crippen molar-refractivity contribution in [3.63, 3.8) is 0 Å². The van der Waals surface area contributed by atoms with E-state index >= 15 is 0 Å². The summed E-state index contributed by atoms with van der Waals surface area (Å²) >= 11 is 0. The normalized spacial score (nSPS) is 19.0. The van der Waals surface area contributed by atoms with E-state index in [0.717, 1.165) is 68.8 Å². The van der Waals surface area contributed by atoms with Crippen LogP contribution in [0.25, 0.3) is 22.6 Å². The van der Waals surface area contributed by atoms with Crippen LogP contribution in [0, 0.1) is 6.92 Å². The number of aromatic nitrogens is 1. The fourth-order valence-corrected chi connectivity index (χ4v) is 4.73. The van der Waals surface area contributed by atoms with E-state index in [0.29, 0.717) is 6.04 Å². The van der Waals surface area contributed by atoms with Crippen LogP contribution >= 0.6 is 0 Å². The Morgan fingerprint density at radius 1 is 0.839 bits per heavy atom. The molecule has 2 aliphatic heterocycles. The number of piperidine rings is 1. The van der Waals surface area contributed by atoms with E-state index in [1.54, 1.807) is 0 Å². The monoisotopic (exact) mass is 417 g/mol. The Bertz CT molecular complexity index is 970.